The molecule has 0 bridgehead atoms. The first-order valence-corrected chi connectivity index (χ1v) is 10.4. The predicted molar refractivity (Wildman–Crippen MR) is 118 cm³/mol. The SMILES string of the molecule is CC(NCC1CCN(C(=O)c2ccc(C(=O)O)cc2)C1)c1cccc2ccccc12. The maximum atomic E-state index is 12.7. The van der Waals surface area contributed by atoms with E-state index >= 15 is 0 Å². The van der Waals surface area contributed by atoms with Gasteiger partial charge in [-0.15, -0.1) is 0 Å². The summed E-state index contributed by atoms with van der Waals surface area (Å²) >= 11 is 0. The second kappa shape index (κ2) is 8.67. The van der Waals surface area contributed by atoms with Gasteiger partial charge in [-0.1, -0.05) is 42.5 Å². The molecule has 1 fully saturated rings. The number of hydrogen-bond donors (Lipinski definition) is 2. The van der Waals surface area contributed by atoms with Crippen LogP contribution in [0.15, 0.2) is 66.7 Å². The van der Waals surface area contributed by atoms with Gasteiger partial charge in [0.05, 0.1) is 5.56 Å². The summed E-state index contributed by atoms with van der Waals surface area (Å²) in [6.45, 7) is 4.49. The molecule has 4 rings (SSSR count). The average Bonchev–Trinajstić information content (AvgIpc) is 3.25. The van der Waals surface area contributed by atoms with Crippen LogP contribution in [0.4, 0.5) is 0 Å². The van der Waals surface area contributed by atoms with Crippen LogP contribution in [0.2, 0.25) is 0 Å². The minimum absolute atomic E-state index is 0.0310. The van der Waals surface area contributed by atoms with Gasteiger partial charge < -0.3 is 15.3 Å². The Bertz CT molecular complexity index is 1060. The van der Waals surface area contributed by atoms with Crippen LogP contribution in [0, 0.1) is 5.92 Å². The number of carbonyl (C=O) groups excluding carboxylic acids is 1. The summed E-state index contributed by atoms with van der Waals surface area (Å²) in [6.07, 6.45) is 0.966. The fraction of sp³-hybridized carbons (Fsp3) is 0.280. The highest BCUT2D eigenvalue weighted by Gasteiger charge is 2.27. The van der Waals surface area contributed by atoms with Crippen molar-refractivity contribution in [3.63, 3.8) is 0 Å². The van der Waals surface area contributed by atoms with E-state index in [-0.39, 0.29) is 17.5 Å². The Kier molecular flexibility index (Phi) is 5.81. The zero-order valence-electron chi connectivity index (χ0n) is 17.0. The highest BCUT2D eigenvalue weighted by atomic mass is 16.4. The normalized spacial score (nSPS) is 17.2. The molecule has 2 atom stereocenters. The molecule has 1 heterocycles. The molecule has 1 saturated heterocycles. The summed E-state index contributed by atoms with van der Waals surface area (Å²) in [5.74, 6) is -0.608. The van der Waals surface area contributed by atoms with E-state index in [1.807, 2.05) is 4.90 Å². The molecule has 0 radical (unpaired) electrons. The fourth-order valence-corrected chi connectivity index (χ4v) is 4.20. The molecule has 5 heteroatoms. The average molecular weight is 402 g/mol. The molecule has 0 aromatic heterocycles. The van der Waals surface area contributed by atoms with E-state index in [2.05, 4.69) is 54.7 Å². The lowest BCUT2D eigenvalue weighted by Crippen LogP contribution is -2.31. The van der Waals surface area contributed by atoms with Crippen molar-refractivity contribution in [2.24, 2.45) is 5.92 Å². The van der Waals surface area contributed by atoms with Crippen LogP contribution < -0.4 is 5.32 Å². The van der Waals surface area contributed by atoms with Gasteiger partial charge in [-0.3, -0.25) is 4.79 Å². The Hall–Kier alpha value is -3.18. The highest BCUT2D eigenvalue weighted by Crippen LogP contribution is 2.25. The Morgan fingerprint density at radius 3 is 2.50 bits per heavy atom. The van der Waals surface area contributed by atoms with E-state index in [0.29, 0.717) is 11.5 Å². The van der Waals surface area contributed by atoms with Crippen molar-refractivity contribution in [1.29, 1.82) is 0 Å². The molecular weight excluding hydrogens is 376 g/mol. The van der Waals surface area contributed by atoms with E-state index in [1.165, 1.54) is 28.5 Å². The van der Waals surface area contributed by atoms with E-state index in [1.54, 1.807) is 12.1 Å². The monoisotopic (exact) mass is 402 g/mol. The van der Waals surface area contributed by atoms with Gasteiger partial charge in [0.25, 0.3) is 5.91 Å². The largest absolute Gasteiger partial charge is 0.478 e. The van der Waals surface area contributed by atoms with Crippen molar-refractivity contribution in [1.82, 2.24) is 10.2 Å². The van der Waals surface area contributed by atoms with Gasteiger partial charge >= 0.3 is 5.97 Å². The third-order valence-electron chi connectivity index (χ3n) is 5.95. The van der Waals surface area contributed by atoms with Gasteiger partial charge in [0.1, 0.15) is 0 Å². The molecule has 1 amide bonds. The lowest BCUT2D eigenvalue weighted by Gasteiger charge is -2.20. The molecule has 2 N–H and O–H groups in total. The second-order valence-electron chi connectivity index (χ2n) is 7.99. The first-order valence-electron chi connectivity index (χ1n) is 10.4. The van der Waals surface area contributed by atoms with E-state index in [9.17, 15) is 9.59 Å². The van der Waals surface area contributed by atoms with Crippen LogP contribution in [0.5, 0.6) is 0 Å². The maximum Gasteiger partial charge on any atom is 0.335 e. The number of carboxylic acid groups (broad SMARTS) is 1. The van der Waals surface area contributed by atoms with E-state index in [0.717, 1.165) is 26.1 Å². The molecular formula is C25H26N2O3. The third-order valence-corrected chi connectivity index (χ3v) is 5.95. The second-order valence-corrected chi connectivity index (χ2v) is 7.99. The number of hydrogen-bond acceptors (Lipinski definition) is 3. The number of carboxylic acids is 1. The van der Waals surface area contributed by atoms with Crippen LogP contribution in [0.25, 0.3) is 10.8 Å². The number of nitrogens with zero attached hydrogens (tertiary/aromatic N) is 1. The van der Waals surface area contributed by atoms with Gasteiger partial charge in [0.2, 0.25) is 0 Å². The summed E-state index contributed by atoms with van der Waals surface area (Å²) in [5.41, 5.74) is 2.02. The predicted octanol–water partition coefficient (Wildman–Crippen LogP) is 4.35. The summed E-state index contributed by atoms with van der Waals surface area (Å²) in [5, 5.41) is 15.2. The molecule has 3 aromatic rings. The first kappa shape index (κ1) is 20.1. The van der Waals surface area contributed by atoms with Crippen molar-refractivity contribution < 1.29 is 14.7 Å². The van der Waals surface area contributed by atoms with Gasteiger partial charge in [-0.25, -0.2) is 4.79 Å². The molecule has 2 unspecified atom stereocenters. The van der Waals surface area contributed by atoms with Crippen molar-refractivity contribution in [2.75, 3.05) is 19.6 Å². The zero-order chi connectivity index (χ0) is 21.1. The highest BCUT2D eigenvalue weighted by molar-refractivity contribution is 5.96. The van der Waals surface area contributed by atoms with Crippen molar-refractivity contribution in [3.05, 3.63) is 83.4 Å². The quantitative estimate of drug-likeness (QED) is 0.643. The van der Waals surface area contributed by atoms with Crippen molar-refractivity contribution in [2.45, 2.75) is 19.4 Å². The van der Waals surface area contributed by atoms with Gasteiger partial charge in [-0.05, 0) is 59.9 Å². The topological polar surface area (TPSA) is 69.6 Å². The van der Waals surface area contributed by atoms with E-state index in [4.69, 9.17) is 5.11 Å². The molecule has 154 valence electrons. The number of aromatic carboxylic acids is 1. The number of amides is 1. The number of carbonyl (C=O) groups is 2. The van der Waals surface area contributed by atoms with Crippen molar-refractivity contribution >= 4 is 22.6 Å². The molecule has 30 heavy (non-hydrogen) atoms. The van der Waals surface area contributed by atoms with Crippen LogP contribution in [-0.4, -0.2) is 41.5 Å². The standard InChI is InChI=1S/C25H26N2O3/c1-17(22-8-4-6-19-5-2-3-7-23(19)22)26-15-18-13-14-27(16-18)24(28)20-9-11-21(12-10-20)25(29)30/h2-12,17-18,26H,13-16H2,1H3,(H,29,30). The Balaban J connectivity index is 1.34. The minimum Gasteiger partial charge on any atom is -0.478 e. The maximum absolute atomic E-state index is 12.7. The number of nitrogens with one attached hydrogen (secondary N) is 1. The lowest BCUT2D eigenvalue weighted by molar-refractivity contribution is 0.0695. The molecule has 5 nitrogen and oxygen atoms in total. The van der Waals surface area contributed by atoms with Gasteiger partial charge in [0, 0.05) is 31.2 Å². The number of likely N-dealkylation sites (tertiary alicyclic amines) is 1. The molecule has 0 aliphatic carbocycles. The summed E-state index contributed by atoms with van der Waals surface area (Å²) in [4.78, 5) is 25.6. The zero-order valence-corrected chi connectivity index (χ0v) is 17.0. The Labute approximate surface area is 176 Å². The number of rotatable bonds is 6. The minimum atomic E-state index is -0.985. The Morgan fingerprint density at radius 2 is 1.73 bits per heavy atom. The van der Waals surface area contributed by atoms with Gasteiger partial charge in [0.15, 0.2) is 0 Å². The summed E-state index contributed by atoms with van der Waals surface area (Å²) in [6, 6.07) is 21.2. The van der Waals surface area contributed by atoms with Crippen LogP contribution in [0.3, 0.4) is 0 Å². The summed E-state index contributed by atoms with van der Waals surface area (Å²) < 4.78 is 0. The molecule has 1 aliphatic rings. The van der Waals surface area contributed by atoms with Crippen LogP contribution >= 0.6 is 0 Å². The molecule has 1 aliphatic heterocycles. The van der Waals surface area contributed by atoms with Crippen LogP contribution in [0.1, 0.15) is 45.7 Å². The Morgan fingerprint density at radius 1 is 1.03 bits per heavy atom. The molecule has 3 aromatic carbocycles. The van der Waals surface area contributed by atoms with Crippen molar-refractivity contribution in [3.8, 4) is 0 Å². The lowest BCUT2D eigenvalue weighted by atomic mass is 9.99. The fourth-order valence-electron chi connectivity index (χ4n) is 4.20. The van der Waals surface area contributed by atoms with E-state index < -0.39 is 5.97 Å². The molecule has 0 saturated carbocycles. The smallest absolute Gasteiger partial charge is 0.335 e. The molecule has 0 spiro atoms. The third kappa shape index (κ3) is 4.21. The van der Waals surface area contributed by atoms with Gasteiger partial charge in [-0.2, -0.15) is 0 Å². The van der Waals surface area contributed by atoms with Crippen LogP contribution in [-0.2, 0) is 0 Å². The first-order chi connectivity index (χ1) is 14.5. The number of fused-ring (bicyclic) bond motifs is 1. The summed E-state index contributed by atoms with van der Waals surface area (Å²) in [7, 11) is 0. The number of benzene rings is 3.